The number of hydrogen-bond donors (Lipinski definition) is 2. The van der Waals surface area contributed by atoms with Crippen LogP contribution in [0.2, 0.25) is 0 Å². The second-order valence-electron chi connectivity index (χ2n) is 8.32. The number of phenols is 2. The molecule has 0 saturated carbocycles. The number of hydrogen-bond acceptors (Lipinski definition) is 6. The van der Waals surface area contributed by atoms with Gasteiger partial charge < -0.3 is 14.9 Å². The molecule has 1 unspecified atom stereocenters. The topological polar surface area (TPSA) is 70.0 Å². The number of carbonyl (C=O) groups excluding carboxylic acids is 1. The minimum atomic E-state index is -0.126. The van der Waals surface area contributed by atoms with Crippen LogP contribution in [0.4, 0.5) is 0 Å². The molecule has 33 heavy (non-hydrogen) atoms. The Bertz CT molecular complexity index is 1310. The zero-order valence-corrected chi connectivity index (χ0v) is 19.1. The van der Waals surface area contributed by atoms with E-state index in [0.717, 1.165) is 46.5 Å². The summed E-state index contributed by atoms with van der Waals surface area (Å²) in [6.45, 7) is 4.03. The van der Waals surface area contributed by atoms with Gasteiger partial charge in [0.1, 0.15) is 23.5 Å². The Kier molecular flexibility index (Phi) is 5.79. The van der Waals surface area contributed by atoms with E-state index in [4.69, 9.17) is 4.74 Å². The van der Waals surface area contributed by atoms with E-state index in [9.17, 15) is 15.0 Å². The van der Waals surface area contributed by atoms with Crippen molar-refractivity contribution in [2.75, 3.05) is 13.1 Å². The third-order valence-corrected chi connectivity index (χ3v) is 7.32. The summed E-state index contributed by atoms with van der Waals surface area (Å²) in [6, 6.07) is 19.3. The van der Waals surface area contributed by atoms with Crippen LogP contribution in [0, 0.1) is 0 Å². The van der Waals surface area contributed by atoms with Gasteiger partial charge in [0.2, 0.25) is 0 Å². The summed E-state index contributed by atoms with van der Waals surface area (Å²) in [5.41, 5.74) is 1.92. The number of nitrogens with zero attached hydrogens (tertiary/aromatic N) is 1. The van der Waals surface area contributed by atoms with E-state index in [0.29, 0.717) is 16.9 Å². The fourth-order valence-corrected chi connectivity index (χ4v) is 5.62. The van der Waals surface area contributed by atoms with Gasteiger partial charge in [-0.05, 0) is 79.9 Å². The molecule has 1 aliphatic rings. The fraction of sp³-hybridized carbons (Fsp3) is 0.222. The Morgan fingerprint density at radius 1 is 0.970 bits per heavy atom. The van der Waals surface area contributed by atoms with Crippen molar-refractivity contribution >= 4 is 27.2 Å². The van der Waals surface area contributed by atoms with E-state index in [1.807, 2.05) is 25.1 Å². The van der Waals surface area contributed by atoms with Crippen molar-refractivity contribution in [1.29, 1.82) is 0 Å². The monoisotopic (exact) mass is 459 g/mol. The van der Waals surface area contributed by atoms with Crippen LogP contribution in [-0.4, -0.2) is 40.2 Å². The molecule has 4 aromatic rings. The first-order valence-corrected chi connectivity index (χ1v) is 11.9. The molecular weight excluding hydrogens is 434 g/mol. The average molecular weight is 460 g/mol. The van der Waals surface area contributed by atoms with Crippen LogP contribution < -0.4 is 4.74 Å². The quantitative estimate of drug-likeness (QED) is 0.345. The van der Waals surface area contributed by atoms with Crippen LogP contribution in [0.15, 0.2) is 66.7 Å². The van der Waals surface area contributed by atoms with E-state index < -0.39 is 0 Å². The van der Waals surface area contributed by atoms with Gasteiger partial charge in [-0.25, -0.2) is 0 Å². The molecule has 5 nitrogen and oxygen atoms in total. The van der Waals surface area contributed by atoms with Gasteiger partial charge in [-0.15, -0.1) is 11.3 Å². The summed E-state index contributed by atoms with van der Waals surface area (Å²) in [6.07, 6.45) is 2.21. The summed E-state index contributed by atoms with van der Waals surface area (Å²) in [5, 5.41) is 20.5. The SMILES string of the molecule is CC(Oc1ccccc1C(=O)c1c(-c2ccc(O)cc2)sc2cc(O)ccc12)N1CCCC1. The molecule has 1 aromatic heterocycles. The molecule has 0 amide bonds. The van der Waals surface area contributed by atoms with Crippen LogP contribution in [0.5, 0.6) is 17.2 Å². The lowest BCUT2D eigenvalue weighted by Gasteiger charge is -2.25. The number of carbonyl (C=O) groups is 1. The number of ether oxygens (including phenoxy) is 1. The van der Waals surface area contributed by atoms with Crippen molar-refractivity contribution in [3.05, 3.63) is 77.9 Å². The summed E-state index contributed by atoms with van der Waals surface area (Å²) >= 11 is 1.45. The number of fused-ring (bicyclic) bond motifs is 1. The van der Waals surface area contributed by atoms with Gasteiger partial charge in [0.15, 0.2) is 5.78 Å². The zero-order valence-electron chi connectivity index (χ0n) is 18.3. The lowest BCUT2D eigenvalue weighted by molar-refractivity contribution is 0.0581. The highest BCUT2D eigenvalue weighted by Gasteiger charge is 2.26. The highest BCUT2D eigenvalue weighted by molar-refractivity contribution is 7.22. The lowest BCUT2D eigenvalue weighted by Crippen LogP contribution is -2.35. The highest BCUT2D eigenvalue weighted by atomic mass is 32.1. The van der Waals surface area contributed by atoms with E-state index in [1.54, 1.807) is 48.5 Å². The maximum Gasteiger partial charge on any atom is 0.198 e. The molecule has 0 spiro atoms. The smallest absolute Gasteiger partial charge is 0.198 e. The Labute approximate surface area is 196 Å². The minimum absolute atomic E-state index is 0.116. The second-order valence-corrected chi connectivity index (χ2v) is 9.37. The minimum Gasteiger partial charge on any atom is -0.508 e. The molecule has 168 valence electrons. The van der Waals surface area contributed by atoms with E-state index in [2.05, 4.69) is 4.90 Å². The molecule has 0 aliphatic carbocycles. The molecule has 2 heterocycles. The summed E-state index contributed by atoms with van der Waals surface area (Å²) in [5.74, 6) is 0.763. The molecule has 2 N–H and O–H groups in total. The summed E-state index contributed by atoms with van der Waals surface area (Å²) in [4.78, 5) is 17.1. The maximum atomic E-state index is 14.0. The Morgan fingerprint density at radius 2 is 1.67 bits per heavy atom. The fourth-order valence-electron chi connectivity index (χ4n) is 4.38. The van der Waals surface area contributed by atoms with Crippen LogP contribution in [0.25, 0.3) is 20.5 Å². The van der Waals surface area contributed by atoms with Crippen molar-refractivity contribution in [2.24, 2.45) is 0 Å². The molecule has 0 bridgehead atoms. The van der Waals surface area contributed by atoms with Gasteiger partial charge in [-0.3, -0.25) is 9.69 Å². The number of aromatic hydroxyl groups is 2. The highest BCUT2D eigenvalue weighted by Crippen LogP contribution is 2.42. The lowest BCUT2D eigenvalue weighted by atomic mass is 9.97. The van der Waals surface area contributed by atoms with Gasteiger partial charge in [-0.2, -0.15) is 0 Å². The third kappa shape index (κ3) is 4.19. The number of rotatable bonds is 6. The van der Waals surface area contributed by atoms with E-state index in [-0.39, 0.29) is 23.5 Å². The number of thiophene rings is 1. The standard InChI is InChI=1S/C27H25NO4S/c1-17(28-14-4-5-15-28)32-23-7-3-2-6-21(23)26(31)25-22-13-12-20(30)16-24(22)33-27(25)18-8-10-19(29)11-9-18/h2-3,6-13,16-17,29-30H,4-5,14-15H2,1H3. The predicted molar refractivity (Wildman–Crippen MR) is 131 cm³/mol. The van der Waals surface area contributed by atoms with Crippen molar-refractivity contribution in [3.63, 3.8) is 0 Å². The second kappa shape index (κ2) is 8.89. The molecule has 1 fully saturated rings. The first kappa shape index (κ1) is 21.5. The normalized spacial score (nSPS) is 15.1. The molecule has 3 aromatic carbocycles. The van der Waals surface area contributed by atoms with Crippen LogP contribution in [0.3, 0.4) is 0 Å². The molecule has 5 rings (SSSR count). The van der Waals surface area contributed by atoms with E-state index >= 15 is 0 Å². The first-order chi connectivity index (χ1) is 16.0. The van der Waals surface area contributed by atoms with Gasteiger partial charge in [-0.1, -0.05) is 12.1 Å². The Hall–Kier alpha value is -3.35. The zero-order chi connectivity index (χ0) is 22.9. The van der Waals surface area contributed by atoms with E-state index in [1.165, 1.54) is 11.3 Å². The van der Waals surface area contributed by atoms with Crippen molar-refractivity contribution in [3.8, 4) is 27.7 Å². The molecule has 1 saturated heterocycles. The van der Waals surface area contributed by atoms with Crippen molar-refractivity contribution < 1.29 is 19.7 Å². The van der Waals surface area contributed by atoms with Crippen LogP contribution >= 0.6 is 11.3 Å². The largest absolute Gasteiger partial charge is 0.508 e. The van der Waals surface area contributed by atoms with Crippen molar-refractivity contribution in [2.45, 2.75) is 26.0 Å². The molecule has 1 aliphatic heterocycles. The summed E-state index contributed by atoms with van der Waals surface area (Å²) in [7, 11) is 0. The van der Waals surface area contributed by atoms with Crippen LogP contribution in [-0.2, 0) is 0 Å². The van der Waals surface area contributed by atoms with Gasteiger partial charge in [0, 0.05) is 33.6 Å². The molecule has 0 radical (unpaired) electrons. The predicted octanol–water partition coefficient (Wildman–Crippen LogP) is 6.03. The first-order valence-electron chi connectivity index (χ1n) is 11.1. The Balaban J connectivity index is 1.60. The number of phenolic OH excluding ortho intramolecular Hbond substituents is 2. The molecule has 6 heteroatoms. The number of para-hydroxylation sites is 1. The number of likely N-dealkylation sites (tertiary alicyclic amines) is 1. The van der Waals surface area contributed by atoms with Gasteiger partial charge in [0.25, 0.3) is 0 Å². The van der Waals surface area contributed by atoms with Crippen LogP contribution in [0.1, 0.15) is 35.7 Å². The third-order valence-electron chi connectivity index (χ3n) is 6.11. The average Bonchev–Trinajstić information content (AvgIpc) is 3.48. The van der Waals surface area contributed by atoms with Gasteiger partial charge >= 0.3 is 0 Å². The number of benzene rings is 3. The molecule has 1 atom stereocenters. The molecular formula is C27H25NO4S. The summed E-state index contributed by atoms with van der Waals surface area (Å²) < 4.78 is 7.10. The van der Waals surface area contributed by atoms with Crippen molar-refractivity contribution in [1.82, 2.24) is 4.90 Å². The number of ketones is 1. The maximum absolute atomic E-state index is 14.0. The Morgan fingerprint density at radius 3 is 2.42 bits per heavy atom. The van der Waals surface area contributed by atoms with Gasteiger partial charge in [0.05, 0.1) is 5.56 Å².